The smallest absolute Gasteiger partial charge is 0.212 e. The summed E-state index contributed by atoms with van der Waals surface area (Å²) in [7, 11) is -3.13. The minimum atomic E-state index is -3.13. The fourth-order valence-corrected chi connectivity index (χ4v) is 2.65. The van der Waals surface area contributed by atoms with Gasteiger partial charge in [-0.2, -0.15) is 0 Å². The van der Waals surface area contributed by atoms with Gasteiger partial charge in [-0.3, -0.25) is 0 Å². The molecule has 6 nitrogen and oxygen atoms in total. The van der Waals surface area contributed by atoms with Crippen LogP contribution in [0.4, 0.5) is 0 Å². The van der Waals surface area contributed by atoms with E-state index in [2.05, 4.69) is 26.5 Å². The quantitative estimate of drug-likeness (QED) is 0.636. The van der Waals surface area contributed by atoms with Gasteiger partial charge in [0.15, 0.2) is 0 Å². The zero-order valence-electron chi connectivity index (χ0n) is 11.0. The second-order valence-corrected chi connectivity index (χ2v) is 5.96. The SMILES string of the molecule is CCCn1ccnc1CNCCS(=O)(=O)NCC. The van der Waals surface area contributed by atoms with E-state index in [9.17, 15) is 8.42 Å². The molecule has 18 heavy (non-hydrogen) atoms. The first kappa shape index (κ1) is 15.1. The van der Waals surface area contributed by atoms with E-state index >= 15 is 0 Å². The van der Waals surface area contributed by atoms with Crippen LogP contribution < -0.4 is 10.0 Å². The van der Waals surface area contributed by atoms with Gasteiger partial charge in [-0.15, -0.1) is 0 Å². The third-order valence-electron chi connectivity index (χ3n) is 2.46. The summed E-state index contributed by atoms with van der Waals surface area (Å²) in [5, 5.41) is 3.10. The van der Waals surface area contributed by atoms with E-state index in [4.69, 9.17) is 0 Å². The van der Waals surface area contributed by atoms with Gasteiger partial charge in [-0.25, -0.2) is 18.1 Å². The van der Waals surface area contributed by atoms with E-state index in [1.807, 2.05) is 6.20 Å². The number of aryl methyl sites for hydroxylation is 1. The minimum Gasteiger partial charge on any atom is -0.334 e. The summed E-state index contributed by atoms with van der Waals surface area (Å²) < 4.78 is 27.3. The standard InChI is InChI=1S/C11H22N4O2S/c1-3-7-15-8-5-13-11(15)10-12-6-9-18(16,17)14-4-2/h5,8,12,14H,3-4,6-7,9-10H2,1-2H3. The number of sulfonamides is 1. The number of hydrogen-bond acceptors (Lipinski definition) is 4. The molecular formula is C11H22N4O2S. The number of hydrogen-bond donors (Lipinski definition) is 2. The van der Waals surface area contributed by atoms with Gasteiger partial charge in [0.1, 0.15) is 5.82 Å². The summed E-state index contributed by atoms with van der Waals surface area (Å²) in [5.74, 6) is 1.03. The van der Waals surface area contributed by atoms with Crippen LogP contribution in [0.3, 0.4) is 0 Å². The van der Waals surface area contributed by atoms with E-state index in [0.717, 1.165) is 18.8 Å². The third kappa shape index (κ3) is 5.16. The van der Waals surface area contributed by atoms with E-state index in [-0.39, 0.29) is 5.75 Å². The van der Waals surface area contributed by atoms with Gasteiger partial charge in [0.05, 0.1) is 12.3 Å². The van der Waals surface area contributed by atoms with Gasteiger partial charge in [-0.1, -0.05) is 13.8 Å². The van der Waals surface area contributed by atoms with Crippen molar-refractivity contribution in [3.63, 3.8) is 0 Å². The summed E-state index contributed by atoms with van der Waals surface area (Å²) in [6, 6.07) is 0. The molecule has 0 aromatic carbocycles. The van der Waals surface area contributed by atoms with Crippen molar-refractivity contribution >= 4 is 10.0 Å². The maximum absolute atomic E-state index is 11.4. The van der Waals surface area contributed by atoms with Crippen molar-refractivity contribution in [1.29, 1.82) is 0 Å². The summed E-state index contributed by atoms with van der Waals surface area (Å²) in [5.41, 5.74) is 0. The van der Waals surface area contributed by atoms with Crippen molar-refractivity contribution in [3.05, 3.63) is 18.2 Å². The third-order valence-corrected chi connectivity index (χ3v) is 3.93. The molecule has 1 aromatic rings. The van der Waals surface area contributed by atoms with Crippen LogP contribution in [-0.2, 0) is 23.1 Å². The Hall–Kier alpha value is -0.920. The highest BCUT2D eigenvalue weighted by Crippen LogP contribution is 1.98. The Morgan fingerprint density at radius 3 is 2.83 bits per heavy atom. The van der Waals surface area contributed by atoms with Crippen molar-refractivity contribution < 1.29 is 8.42 Å². The molecule has 0 bridgehead atoms. The summed E-state index contributed by atoms with van der Waals surface area (Å²) in [6.45, 7) is 6.27. The molecule has 0 spiro atoms. The van der Waals surface area contributed by atoms with Crippen molar-refractivity contribution in [2.24, 2.45) is 0 Å². The summed E-state index contributed by atoms with van der Waals surface area (Å²) >= 11 is 0. The number of nitrogens with one attached hydrogen (secondary N) is 2. The highest BCUT2D eigenvalue weighted by Gasteiger charge is 2.08. The lowest BCUT2D eigenvalue weighted by molar-refractivity contribution is 0.571. The lowest BCUT2D eigenvalue weighted by Gasteiger charge is -2.08. The van der Waals surface area contributed by atoms with Crippen molar-refractivity contribution in [1.82, 2.24) is 19.6 Å². The average molecular weight is 274 g/mol. The van der Waals surface area contributed by atoms with Crippen LogP contribution in [0.15, 0.2) is 12.4 Å². The summed E-state index contributed by atoms with van der Waals surface area (Å²) in [6.07, 6.45) is 4.76. The Morgan fingerprint density at radius 2 is 2.17 bits per heavy atom. The second-order valence-electron chi connectivity index (χ2n) is 4.03. The zero-order chi connectivity index (χ0) is 13.4. The van der Waals surface area contributed by atoms with E-state index in [1.165, 1.54) is 0 Å². The van der Waals surface area contributed by atoms with Crippen LogP contribution in [0.25, 0.3) is 0 Å². The molecule has 0 fully saturated rings. The van der Waals surface area contributed by atoms with Crippen LogP contribution in [0.1, 0.15) is 26.1 Å². The molecule has 0 unspecified atom stereocenters. The number of imidazole rings is 1. The molecule has 0 aliphatic carbocycles. The molecule has 0 atom stereocenters. The first-order valence-corrected chi connectivity index (χ1v) is 7.92. The molecule has 1 aromatic heterocycles. The lowest BCUT2D eigenvalue weighted by Crippen LogP contribution is -2.32. The van der Waals surface area contributed by atoms with Crippen LogP contribution in [0.2, 0.25) is 0 Å². The molecule has 1 rings (SSSR count). The van der Waals surface area contributed by atoms with Crippen LogP contribution in [-0.4, -0.2) is 36.8 Å². The van der Waals surface area contributed by atoms with Gasteiger partial charge < -0.3 is 9.88 Å². The first-order valence-electron chi connectivity index (χ1n) is 6.27. The average Bonchev–Trinajstić information content (AvgIpc) is 2.73. The topological polar surface area (TPSA) is 76.0 Å². The van der Waals surface area contributed by atoms with Crippen LogP contribution >= 0.6 is 0 Å². The molecule has 2 N–H and O–H groups in total. The molecule has 0 saturated carbocycles. The zero-order valence-corrected chi connectivity index (χ0v) is 11.8. The van der Waals surface area contributed by atoms with Gasteiger partial charge in [0, 0.05) is 32.0 Å². The van der Waals surface area contributed by atoms with Crippen LogP contribution in [0, 0.1) is 0 Å². The maximum Gasteiger partial charge on any atom is 0.212 e. The van der Waals surface area contributed by atoms with E-state index < -0.39 is 10.0 Å². The first-order chi connectivity index (χ1) is 8.59. The van der Waals surface area contributed by atoms with E-state index in [1.54, 1.807) is 13.1 Å². The fraction of sp³-hybridized carbons (Fsp3) is 0.727. The summed E-state index contributed by atoms with van der Waals surface area (Å²) in [4.78, 5) is 4.24. The highest BCUT2D eigenvalue weighted by atomic mass is 32.2. The predicted octanol–water partition coefficient (Wildman–Crippen LogP) is 0.322. The Balaban J connectivity index is 2.31. The molecule has 0 aliphatic heterocycles. The molecule has 1 heterocycles. The molecule has 104 valence electrons. The highest BCUT2D eigenvalue weighted by molar-refractivity contribution is 7.89. The lowest BCUT2D eigenvalue weighted by atomic mass is 10.4. The predicted molar refractivity (Wildman–Crippen MR) is 71.7 cm³/mol. The molecule has 0 amide bonds. The minimum absolute atomic E-state index is 0.0926. The fourth-order valence-electron chi connectivity index (χ4n) is 1.65. The molecule has 0 aliphatic rings. The maximum atomic E-state index is 11.4. The van der Waals surface area contributed by atoms with Crippen molar-refractivity contribution in [2.75, 3.05) is 18.8 Å². The van der Waals surface area contributed by atoms with Crippen LogP contribution in [0.5, 0.6) is 0 Å². The molecule has 7 heteroatoms. The van der Waals surface area contributed by atoms with Gasteiger partial charge in [0.25, 0.3) is 0 Å². The van der Waals surface area contributed by atoms with Gasteiger partial charge in [0.2, 0.25) is 10.0 Å². The molecular weight excluding hydrogens is 252 g/mol. The number of aromatic nitrogens is 2. The van der Waals surface area contributed by atoms with Crippen molar-refractivity contribution in [3.8, 4) is 0 Å². The normalized spacial score (nSPS) is 11.9. The number of nitrogens with zero attached hydrogens (tertiary/aromatic N) is 2. The largest absolute Gasteiger partial charge is 0.334 e. The van der Waals surface area contributed by atoms with Gasteiger partial charge >= 0.3 is 0 Å². The Labute approximate surface area is 109 Å². The van der Waals surface area contributed by atoms with E-state index in [0.29, 0.717) is 19.6 Å². The monoisotopic (exact) mass is 274 g/mol. The molecule has 0 saturated heterocycles. The van der Waals surface area contributed by atoms with Crippen molar-refractivity contribution in [2.45, 2.75) is 33.4 Å². The molecule has 0 radical (unpaired) electrons. The van der Waals surface area contributed by atoms with Gasteiger partial charge in [-0.05, 0) is 6.42 Å². The Bertz CT molecular complexity index is 442. The Morgan fingerprint density at radius 1 is 1.39 bits per heavy atom. The second kappa shape index (κ2) is 7.50. The Kier molecular flexibility index (Phi) is 6.31. The number of rotatable bonds is 9.